The van der Waals surface area contributed by atoms with Crippen molar-refractivity contribution < 1.29 is 9.59 Å². The fourth-order valence-electron chi connectivity index (χ4n) is 3.35. The van der Waals surface area contributed by atoms with Gasteiger partial charge in [-0.25, -0.2) is 0 Å². The molecule has 6 heteroatoms. The van der Waals surface area contributed by atoms with Crippen LogP contribution in [0, 0.1) is 6.92 Å². The SMILES string of the molecule is CC[C@@H](C(=O)NC(C)(C)C)N(Cc1ccc(C)cc1)C(=O)CCCSc1ccc(Cl)cc1. The largest absolute Gasteiger partial charge is 0.350 e. The molecular formula is C26H35ClN2O2S. The van der Waals surface area contributed by atoms with Crippen LogP contribution in [0.2, 0.25) is 5.02 Å². The second-order valence-electron chi connectivity index (χ2n) is 9.08. The molecule has 0 unspecified atom stereocenters. The van der Waals surface area contributed by atoms with E-state index in [0.29, 0.717) is 19.4 Å². The van der Waals surface area contributed by atoms with Gasteiger partial charge in [-0.3, -0.25) is 9.59 Å². The Labute approximate surface area is 202 Å². The average molecular weight is 475 g/mol. The van der Waals surface area contributed by atoms with E-state index in [-0.39, 0.29) is 17.4 Å². The zero-order valence-electron chi connectivity index (χ0n) is 19.8. The van der Waals surface area contributed by atoms with Crippen LogP contribution in [-0.2, 0) is 16.1 Å². The maximum Gasteiger partial charge on any atom is 0.243 e. The van der Waals surface area contributed by atoms with Crippen LogP contribution in [0.3, 0.4) is 0 Å². The molecule has 1 N–H and O–H groups in total. The Morgan fingerprint density at radius 1 is 1.06 bits per heavy atom. The third-order valence-corrected chi connectivity index (χ3v) is 6.33. The molecular weight excluding hydrogens is 440 g/mol. The van der Waals surface area contributed by atoms with E-state index in [1.165, 1.54) is 5.56 Å². The number of hydrogen-bond donors (Lipinski definition) is 1. The molecule has 0 aliphatic heterocycles. The lowest BCUT2D eigenvalue weighted by molar-refractivity contribution is -0.142. The van der Waals surface area contributed by atoms with Crippen LogP contribution >= 0.6 is 23.4 Å². The highest BCUT2D eigenvalue weighted by Gasteiger charge is 2.30. The minimum atomic E-state index is -0.494. The number of benzene rings is 2. The molecule has 0 bridgehead atoms. The first-order valence-corrected chi connectivity index (χ1v) is 12.5. The molecule has 2 aromatic rings. The summed E-state index contributed by atoms with van der Waals surface area (Å²) < 4.78 is 0. The Morgan fingerprint density at radius 2 is 1.69 bits per heavy atom. The number of halogens is 1. The Hall–Kier alpha value is -1.98. The van der Waals surface area contributed by atoms with Gasteiger partial charge in [-0.05, 0) is 76.1 Å². The third-order valence-electron chi connectivity index (χ3n) is 4.97. The molecule has 0 aliphatic rings. The summed E-state index contributed by atoms with van der Waals surface area (Å²) in [5, 5.41) is 3.76. The molecule has 0 saturated carbocycles. The smallest absolute Gasteiger partial charge is 0.243 e. The summed E-state index contributed by atoms with van der Waals surface area (Å²) in [5.74, 6) is 0.741. The van der Waals surface area contributed by atoms with E-state index in [0.717, 1.165) is 27.7 Å². The third kappa shape index (κ3) is 8.87. The first kappa shape index (κ1) is 26.3. The topological polar surface area (TPSA) is 49.4 Å². The fraction of sp³-hybridized carbons (Fsp3) is 0.462. The highest BCUT2D eigenvalue weighted by atomic mass is 35.5. The van der Waals surface area contributed by atoms with Crippen molar-refractivity contribution in [2.45, 2.75) is 76.9 Å². The summed E-state index contributed by atoms with van der Waals surface area (Å²) >= 11 is 7.65. The Bertz CT molecular complexity index is 876. The van der Waals surface area contributed by atoms with Gasteiger partial charge in [-0.15, -0.1) is 11.8 Å². The molecule has 2 amide bonds. The van der Waals surface area contributed by atoms with E-state index in [2.05, 4.69) is 5.32 Å². The monoisotopic (exact) mass is 474 g/mol. The van der Waals surface area contributed by atoms with Crippen molar-refractivity contribution in [2.24, 2.45) is 0 Å². The van der Waals surface area contributed by atoms with Crippen LogP contribution in [0.15, 0.2) is 53.4 Å². The summed E-state index contributed by atoms with van der Waals surface area (Å²) in [5.41, 5.74) is 1.85. The number of hydrogen-bond acceptors (Lipinski definition) is 3. The van der Waals surface area contributed by atoms with Crippen LogP contribution in [-0.4, -0.2) is 34.0 Å². The molecule has 32 heavy (non-hydrogen) atoms. The van der Waals surface area contributed by atoms with Crippen molar-refractivity contribution in [3.63, 3.8) is 0 Å². The Balaban J connectivity index is 2.07. The molecule has 0 heterocycles. The van der Waals surface area contributed by atoms with Crippen LogP contribution in [0.5, 0.6) is 0 Å². The first-order chi connectivity index (χ1) is 15.1. The van der Waals surface area contributed by atoms with E-state index in [1.54, 1.807) is 16.7 Å². The van der Waals surface area contributed by atoms with E-state index in [4.69, 9.17) is 11.6 Å². The average Bonchev–Trinajstić information content (AvgIpc) is 2.72. The molecule has 1 atom stereocenters. The van der Waals surface area contributed by atoms with Gasteiger partial charge in [0.2, 0.25) is 11.8 Å². The van der Waals surface area contributed by atoms with Crippen molar-refractivity contribution in [3.8, 4) is 0 Å². The van der Waals surface area contributed by atoms with Crippen molar-refractivity contribution in [3.05, 3.63) is 64.7 Å². The van der Waals surface area contributed by atoms with Gasteiger partial charge in [0.1, 0.15) is 6.04 Å². The lowest BCUT2D eigenvalue weighted by Gasteiger charge is -2.33. The Kier molecular flexibility index (Phi) is 10.1. The van der Waals surface area contributed by atoms with E-state index >= 15 is 0 Å². The maximum atomic E-state index is 13.3. The lowest BCUT2D eigenvalue weighted by Crippen LogP contribution is -2.53. The van der Waals surface area contributed by atoms with Crippen LogP contribution in [0.25, 0.3) is 0 Å². The highest BCUT2D eigenvalue weighted by molar-refractivity contribution is 7.99. The lowest BCUT2D eigenvalue weighted by atomic mass is 10.0. The van der Waals surface area contributed by atoms with Gasteiger partial charge in [-0.2, -0.15) is 0 Å². The number of amides is 2. The summed E-state index contributed by atoms with van der Waals surface area (Å²) in [6.07, 6.45) is 1.72. The van der Waals surface area contributed by atoms with Crippen molar-refractivity contribution in [1.29, 1.82) is 0 Å². The summed E-state index contributed by atoms with van der Waals surface area (Å²) in [7, 11) is 0. The predicted octanol–water partition coefficient (Wildman–Crippen LogP) is 6.24. The van der Waals surface area contributed by atoms with Crippen LogP contribution in [0.1, 0.15) is 58.1 Å². The summed E-state index contributed by atoms with van der Waals surface area (Å²) in [4.78, 5) is 29.1. The van der Waals surface area contributed by atoms with Gasteiger partial charge >= 0.3 is 0 Å². The minimum absolute atomic E-state index is 0.0122. The van der Waals surface area contributed by atoms with Gasteiger partial charge in [0.05, 0.1) is 0 Å². The molecule has 2 aromatic carbocycles. The molecule has 0 fully saturated rings. The normalized spacial score (nSPS) is 12.3. The molecule has 0 radical (unpaired) electrons. The molecule has 4 nitrogen and oxygen atoms in total. The molecule has 174 valence electrons. The van der Waals surface area contributed by atoms with E-state index in [1.807, 2.05) is 83.1 Å². The van der Waals surface area contributed by atoms with Crippen LogP contribution in [0.4, 0.5) is 0 Å². The molecule has 2 rings (SSSR count). The van der Waals surface area contributed by atoms with Gasteiger partial charge < -0.3 is 10.2 Å². The maximum absolute atomic E-state index is 13.3. The molecule has 0 saturated heterocycles. The molecule has 0 aliphatic carbocycles. The Morgan fingerprint density at radius 3 is 2.25 bits per heavy atom. The second kappa shape index (κ2) is 12.3. The molecule has 0 aromatic heterocycles. The minimum Gasteiger partial charge on any atom is -0.350 e. The van der Waals surface area contributed by atoms with Gasteiger partial charge in [0.15, 0.2) is 0 Å². The van der Waals surface area contributed by atoms with Crippen LogP contribution < -0.4 is 5.32 Å². The van der Waals surface area contributed by atoms with Crippen molar-refractivity contribution in [2.75, 3.05) is 5.75 Å². The number of aryl methyl sites for hydroxylation is 1. The molecule has 0 spiro atoms. The number of nitrogens with zero attached hydrogens (tertiary/aromatic N) is 1. The van der Waals surface area contributed by atoms with Gasteiger partial charge in [0.25, 0.3) is 0 Å². The van der Waals surface area contributed by atoms with Crippen molar-refractivity contribution >= 4 is 35.2 Å². The quantitative estimate of drug-likeness (QED) is 0.327. The van der Waals surface area contributed by atoms with Gasteiger partial charge in [0, 0.05) is 28.4 Å². The number of nitrogens with one attached hydrogen (secondary N) is 1. The summed E-state index contributed by atoms with van der Waals surface area (Å²) in [6, 6.07) is 15.4. The van der Waals surface area contributed by atoms with E-state index < -0.39 is 6.04 Å². The summed E-state index contributed by atoms with van der Waals surface area (Å²) in [6.45, 7) is 10.3. The number of carbonyl (C=O) groups excluding carboxylic acids is 2. The number of thioether (sulfide) groups is 1. The fourth-order valence-corrected chi connectivity index (χ4v) is 4.33. The zero-order chi connectivity index (χ0) is 23.7. The second-order valence-corrected chi connectivity index (χ2v) is 10.7. The zero-order valence-corrected chi connectivity index (χ0v) is 21.4. The number of rotatable bonds is 10. The first-order valence-electron chi connectivity index (χ1n) is 11.1. The standard InChI is InChI=1S/C26H35ClN2O2S/c1-6-23(25(31)28-26(3,4)5)29(18-20-11-9-19(2)10-12-20)24(30)8-7-17-32-22-15-13-21(27)14-16-22/h9-16,23H,6-8,17-18H2,1-5H3,(H,28,31)/t23-/m0/s1. The number of carbonyl (C=O) groups is 2. The van der Waals surface area contributed by atoms with E-state index in [9.17, 15) is 9.59 Å². The van der Waals surface area contributed by atoms with Crippen molar-refractivity contribution in [1.82, 2.24) is 10.2 Å². The highest BCUT2D eigenvalue weighted by Crippen LogP contribution is 2.22. The van der Waals surface area contributed by atoms with Gasteiger partial charge in [-0.1, -0.05) is 48.4 Å². The predicted molar refractivity (Wildman–Crippen MR) is 135 cm³/mol.